The Morgan fingerprint density at radius 1 is 1.32 bits per heavy atom. The van der Waals surface area contributed by atoms with Gasteiger partial charge in [-0.15, -0.1) is 0 Å². The van der Waals surface area contributed by atoms with Crippen molar-refractivity contribution in [2.75, 3.05) is 0 Å². The minimum Gasteiger partial charge on any atom is -0.481 e. The normalized spacial score (nSPS) is 12.1. The minimum absolute atomic E-state index is 0.0126. The molecule has 0 aliphatic carbocycles. The fraction of sp³-hybridized carbons (Fsp3) is 0.333. The average Bonchev–Trinajstić information content (AvgIpc) is 3.00. The van der Waals surface area contributed by atoms with E-state index in [9.17, 15) is 9.59 Å². The number of rotatable bonds is 6. The molecule has 2 N–H and O–H groups in total. The molecule has 0 spiro atoms. The highest BCUT2D eigenvalue weighted by Gasteiger charge is 2.21. The number of nitrogens with zero attached hydrogens (tertiary/aromatic N) is 3. The summed E-state index contributed by atoms with van der Waals surface area (Å²) in [5.41, 5.74) is 1.01. The van der Waals surface area contributed by atoms with Gasteiger partial charge in [0.2, 0.25) is 0 Å². The molecule has 0 bridgehead atoms. The Balaban J connectivity index is 2.24. The number of para-hydroxylation sites is 1. The number of hydrogen-bond acceptors (Lipinski definition) is 4. The van der Waals surface area contributed by atoms with Crippen LogP contribution in [0.5, 0.6) is 0 Å². The summed E-state index contributed by atoms with van der Waals surface area (Å²) >= 11 is 0. The van der Waals surface area contributed by atoms with E-state index in [2.05, 4.69) is 15.4 Å². The van der Waals surface area contributed by atoms with Crippen LogP contribution < -0.4 is 5.32 Å². The number of carbonyl (C=O) groups excluding carboxylic acids is 1. The highest BCUT2D eigenvalue weighted by atomic mass is 16.4. The van der Waals surface area contributed by atoms with Crippen molar-refractivity contribution in [3.63, 3.8) is 0 Å². The lowest BCUT2D eigenvalue weighted by Gasteiger charge is -2.21. The molecule has 0 unspecified atom stereocenters. The van der Waals surface area contributed by atoms with Gasteiger partial charge in [0.05, 0.1) is 17.7 Å². The molecule has 0 aliphatic rings. The maximum absolute atomic E-state index is 12.5. The summed E-state index contributed by atoms with van der Waals surface area (Å²) in [7, 11) is 0. The Hall–Kier alpha value is -2.70. The SMILES string of the molecule is CC(C)[C@H](CC(=O)O)NC(=O)c1ccccc1-n1cncn1. The van der Waals surface area contributed by atoms with Gasteiger partial charge in [0.1, 0.15) is 12.7 Å². The Morgan fingerprint density at radius 2 is 2.05 bits per heavy atom. The number of amides is 1. The zero-order chi connectivity index (χ0) is 16.1. The summed E-state index contributed by atoms with van der Waals surface area (Å²) in [4.78, 5) is 27.3. The maximum Gasteiger partial charge on any atom is 0.305 e. The molecular formula is C15H18N4O3. The van der Waals surface area contributed by atoms with Gasteiger partial charge in [-0.05, 0) is 18.1 Å². The molecule has 1 aromatic heterocycles. The first-order chi connectivity index (χ1) is 10.5. The monoisotopic (exact) mass is 302 g/mol. The standard InChI is InChI=1S/C15H18N4O3/c1-10(2)12(7-14(20)21)18-15(22)11-5-3-4-6-13(11)19-9-16-8-17-19/h3-6,8-10,12H,7H2,1-2H3,(H,18,22)(H,20,21)/t12-/m0/s1. The van der Waals surface area contributed by atoms with Crippen LogP contribution in [0.25, 0.3) is 5.69 Å². The van der Waals surface area contributed by atoms with Gasteiger partial charge in [-0.1, -0.05) is 26.0 Å². The predicted octanol–water partition coefficient (Wildman–Crippen LogP) is 1.50. The Morgan fingerprint density at radius 3 is 2.64 bits per heavy atom. The second kappa shape index (κ2) is 6.84. The van der Waals surface area contributed by atoms with E-state index in [0.717, 1.165) is 0 Å². The molecule has 0 aliphatic heterocycles. The van der Waals surface area contributed by atoms with E-state index in [1.54, 1.807) is 24.3 Å². The van der Waals surface area contributed by atoms with Crippen LogP contribution in [0.15, 0.2) is 36.9 Å². The number of benzene rings is 1. The Bertz CT molecular complexity index is 653. The molecule has 1 atom stereocenters. The quantitative estimate of drug-likeness (QED) is 0.842. The van der Waals surface area contributed by atoms with Crippen LogP contribution in [0.1, 0.15) is 30.6 Å². The number of carboxylic acids is 1. The summed E-state index contributed by atoms with van der Waals surface area (Å²) in [6.07, 6.45) is 2.77. The molecule has 1 aromatic carbocycles. The Kier molecular flexibility index (Phi) is 4.88. The van der Waals surface area contributed by atoms with Crippen LogP contribution in [-0.2, 0) is 4.79 Å². The van der Waals surface area contributed by atoms with Gasteiger partial charge in [-0.3, -0.25) is 9.59 Å². The van der Waals surface area contributed by atoms with E-state index in [1.165, 1.54) is 17.3 Å². The van der Waals surface area contributed by atoms with Crippen molar-refractivity contribution in [1.29, 1.82) is 0 Å². The first kappa shape index (κ1) is 15.7. The van der Waals surface area contributed by atoms with Crippen molar-refractivity contribution in [2.24, 2.45) is 5.92 Å². The van der Waals surface area contributed by atoms with Gasteiger partial charge in [-0.2, -0.15) is 5.10 Å². The second-order valence-electron chi connectivity index (χ2n) is 5.28. The predicted molar refractivity (Wildman–Crippen MR) is 79.7 cm³/mol. The number of carbonyl (C=O) groups is 2. The van der Waals surface area contributed by atoms with E-state index in [0.29, 0.717) is 11.3 Å². The summed E-state index contributed by atoms with van der Waals surface area (Å²) < 4.78 is 1.50. The summed E-state index contributed by atoms with van der Waals surface area (Å²) in [5, 5.41) is 15.8. The van der Waals surface area contributed by atoms with E-state index < -0.39 is 12.0 Å². The number of hydrogen-bond donors (Lipinski definition) is 2. The lowest BCUT2D eigenvalue weighted by Crippen LogP contribution is -2.40. The van der Waals surface area contributed by atoms with Crippen LogP contribution in [0.3, 0.4) is 0 Å². The van der Waals surface area contributed by atoms with Crippen LogP contribution in [0.2, 0.25) is 0 Å². The highest BCUT2D eigenvalue weighted by molar-refractivity contribution is 5.98. The third kappa shape index (κ3) is 3.69. The summed E-state index contributed by atoms with van der Waals surface area (Å²) in [6, 6.07) is 6.53. The van der Waals surface area contributed by atoms with Gasteiger partial charge < -0.3 is 10.4 Å². The largest absolute Gasteiger partial charge is 0.481 e. The molecule has 116 valence electrons. The van der Waals surface area contributed by atoms with Crippen molar-refractivity contribution in [3.8, 4) is 5.69 Å². The molecule has 2 rings (SSSR count). The van der Waals surface area contributed by atoms with E-state index in [-0.39, 0.29) is 18.2 Å². The van der Waals surface area contributed by atoms with Crippen LogP contribution >= 0.6 is 0 Å². The average molecular weight is 302 g/mol. The molecule has 0 radical (unpaired) electrons. The third-order valence-corrected chi connectivity index (χ3v) is 3.33. The molecule has 22 heavy (non-hydrogen) atoms. The molecule has 7 nitrogen and oxygen atoms in total. The van der Waals surface area contributed by atoms with Crippen molar-refractivity contribution in [3.05, 3.63) is 42.5 Å². The number of aromatic nitrogens is 3. The fourth-order valence-corrected chi connectivity index (χ4v) is 2.09. The lowest BCUT2D eigenvalue weighted by molar-refractivity contribution is -0.137. The highest BCUT2D eigenvalue weighted by Crippen LogP contribution is 2.14. The molecule has 7 heteroatoms. The second-order valence-corrected chi connectivity index (χ2v) is 5.28. The smallest absolute Gasteiger partial charge is 0.305 e. The van der Waals surface area contributed by atoms with Gasteiger partial charge in [0, 0.05) is 6.04 Å². The van der Waals surface area contributed by atoms with Crippen molar-refractivity contribution < 1.29 is 14.7 Å². The number of aliphatic carboxylic acids is 1. The molecular weight excluding hydrogens is 284 g/mol. The van der Waals surface area contributed by atoms with E-state index in [4.69, 9.17) is 5.11 Å². The Labute approximate surface area is 128 Å². The number of carboxylic acid groups (broad SMARTS) is 1. The number of nitrogens with one attached hydrogen (secondary N) is 1. The summed E-state index contributed by atoms with van der Waals surface area (Å²) in [6.45, 7) is 3.74. The lowest BCUT2D eigenvalue weighted by atomic mass is 10.0. The van der Waals surface area contributed by atoms with E-state index >= 15 is 0 Å². The maximum atomic E-state index is 12.5. The third-order valence-electron chi connectivity index (χ3n) is 3.33. The molecule has 1 amide bonds. The molecule has 2 aromatic rings. The first-order valence-corrected chi connectivity index (χ1v) is 6.95. The topological polar surface area (TPSA) is 97.1 Å². The van der Waals surface area contributed by atoms with E-state index in [1.807, 2.05) is 13.8 Å². The van der Waals surface area contributed by atoms with Gasteiger partial charge in [-0.25, -0.2) is 9.67 Å². The first-order valence-electron chi connectivity index (χ1n) is 6.95. The van der Waals surface area contributed by atoms with Crippen molar-refractivity contribution >= 4 is 11.9 Å². The molecule has 1 heterocycles. The zero-order valence-corrected chi connectivity index (χ0v) is 12.4. The van der Waals surface area contributed by atoms with Gasteiger partial charge in [0.25, 0.3) is 5.91 Å². The van der Waals surface area contributed by atoms with Crippen molar-refractivity contribution in [1.82, 2.24) is 20.1 Å². The fourth-order valence-electron chi connectivity index (χ4n) is 2.09. The van der Waals surface area contributed by atoms with Crippen LogP contribution in [0.4, 0.5) is 0 Å². The molecule has 0 saturated heterocycles. The molecule has 0 saturated carbocycles. The van der Waals surface area contributed by atoms with Crippen LogP contribution in [-0.4, -0.2) is 37.8 Å². The minimum atomic E-state index is -0.941. The zero-order valence-electron chi connectivity index (χ0n) is 12.4. The van der Waals surface area contributed by atoms with Gasteiger partial charge >= 0.3 is 5.97 Å². The van der Waals surface area contributed by atoms with Crippen molar-refractivity contribution in [2.45, 2.75) is 26.3 Å². The van der Waals surface area contributed by atoms with Crippen LogP contribution in [0, 0.1) is 5.92 Å². The summed E-state index contributed by atoms with van der Waals surface area (Å²) in [5.74, 6) is -1.26. The van der Waals surface area contributed by atoms with Gasteiger partial charge in [0.15, 0.2) is 0 Å². The molecule has 0 fully saturated rings.